The molecule has 0 amide bonds. The highest BCUT2D eigenvalue weighted by atomic mass is 15.2. The minimum atomic E-state index is 0.185. The summed E-state index contributed by atoms with van der Waals surface area (Å²) in [7, 11) is 2.11. The molecule has 0 saturated carbocycles. The van der Waals surface area contributed by atoms with Crippen molar-refractivity contribution < 1.29 is 0 Å². The maximum absolute atomic E-state index is 4.70. The van der Waals surface area contributed by atoms with Crippen LogP contribution in [0.25, 0.3) is 0 Å². The highest BCUT2D eigenvalue weighted by Crippen LogP contribution is 2.41. The van der Waals surface area contributed by atoms with E-state index in [9.17, 15) is 0 Å². The number of pyridine rings is 1. The molecule has 0 fully saturated rings. The van der Waals surface area contributed by atoms with Crippen LogP contribution in [0.3, 0.4) is 0 Å². The second-order valence-corrected chi connectivity index (χ2v) is 4.53. The van der Waals surface area contributed by atoms with E-state index in [1.165, 1.54) is 5.69 Å². The number of aromatic nitrogens is 1. The zero-order valence-electron chi connectivity index (χ0n) is 9.81. The van der Waals surface area contributed by atoms with Crippen LogP contribution in [0.4, 0.5) is 5.69 Å². The monoisotopic (exact) mass is 213 g/mol. The lowest BCUT2D eigenvalue weighted by atomic mass is 10.0. The highest BCUT2D eigenvalue weighted by Gasteiger charge is 2.37. The van der Waals surface area contributed by atoms with E-state index < -0.39 is 0 Å². The zero-order chi connectivity index (χ0) is 11.3. The smallest absolute Gasteiger partial charge is 0.118 e. The van der Waals surface area contributed by atoms with Gasteiger partial charge in [0.1, 0.15) is 6.04 Å². The molecule has 82 valence electrons. The first-order valence-electron chi connectivity index (χ1n) is 5.60. The zero-order valence-corrected chi connectivity index (χ0v) is 9.81. The summed E-state index contributed by atoms with van der Waals surface area (Å²) in [5, 5.41) is 0. The SMILES string of the molecule is CC1=NC2c3nc(C)ccc3N(C)C2C=C1. The molecule has 1 aromatic rings. The Kier molecular flexibility index (Phi) is 1.90. The van der Waals surface area contributed by atoms with E-state index in [0.717, 1.165) is 17.1 Å². The van der Waals surface area contributed by atoms with Crippen molar-refractivity contribution in [2.24, 2.45) is 4.99 Å². The van der Waals surface area contributed by atoms with E-state index in [0.29, 0.717) is 6.04 Å². The summed E-state index contributed by atoms with van der Waals surface area (Å²) in [6.07, 6.45) is 4.32. The molecule has 1 aromatic heterocycles. The van der Waals surface area contributed by atoms with Gasteiger partial charge >= 0.3 is 0 Å². The lowest BCUT2D eigenvalue weighted by molar-refractivity contribution is 0.637. The standard InChI is InChI=1S/C13H15N3/c1-8-4-6-10-12(14-8)13-11(16(10)3)7-5-9(2)15-13/h4-7,10,12H,1-3H3. The molecule has 3 rings (SSSR count). The van der Waals surface area contributed by atoms with Crippen molar-refractivity contribution in [2.45, 2.75) is 25.9 Å². The van der Waals surface area contributed by atoms with Gasteiger partial charge in [-0.05, 0) is 32.1 Å². The topological polar surface area (TPSA) is 28.5 Å². The normalized spacial score (nSPS) is 26.4. The number of fused-ring (bicyclic) bond motifs is 3. The van der Waals surface area contributed by atoms with Crippen molar-refractivity contribution >= 4 is 11.4 Å². The Morgan fingerprint density at radius 2 is 2.06 bits per heavy atom. The quantitative estimate of drug-likeness (QED) is 0.661. The maximum atomic E-state index is 4.70. The van der Waals surface area contributed by atoms with Gasteiger partial charge < -0.3 is 4.90 Å². The molecule has 0 spiro atoms. The second kappa shape index (κ2) is 3.17. The lowest BCUT2D eigenvalue weighted by Gasteiger charge is -2.23. The van der Waals surface area contributed by atoms with Gasteiger partial charge in [0.25, 0.3) is 0 Å². The van der Waals surface area contributed by atoms with Gasteiger partial charge in [-0.3, -0.25) is 9.98 Å². The van der Waals surface area contributed by atoms with E-state index in [1.807, 2.05) is 13.8 Å². The molecule has 3 nitrogen and oxygen atoms in total. The summed E-state index contributed by atoms with van der Waals surface area (Å²) in [6, 6.07) is 4.74. The number of rotatable bonds is 0. The molecule has 0 radical (unpaired) electrons. The molecule has 2 atom stereocenters. The number of aliphatic imine (C=N–C) groups is 1. The average molecular weight is 213 g/mol. The van der Waals surface area contributed by atoms with Crippen molar-refractivity contribution in [3.05, 3.63) is 35.7 Å². The van der Waals surface area contributed by atoms with Gasteiger partial charge in [0.05, 0.1) is 17.4 Å². The summed E-state index contributed by atoms with van der Waals surface area (Å²) in [4.78, 5) is 11.6. The Bertz CT molecular complexity index is 502. The summed E-state index contributed by atoms with van der Waals surface area (Å²) >= 11 is 0. The van der Waals surface area contributed by atoms with Gasteiger partial charge in [-0.2, -0.15) is 0 Å². The van der Waals surface area contributed by atoms with Crippen LogP contribution < -0.4 is 4.90 Å². The summed E-state index contributed by atoms with van der Waals surface area (Å²) < 4.78 is 0. The van der Waals surface area contributed by atoms with E-state index >= 15 is 0 Å². The van der Waals surface area contributed by atoms with Crippen LogP contribution >= 0.6 is 0 Å². The number of aryl methyl sites for hydroxylation is 1. The Morgan fingerprint density at radius 3 is 2.88 bits per heavy atom. The van der Waals surface area contributed by atoms with Crippen molar-refractivity contribution in [3.63, 3.8) is 0 Å². The third kappa shape index (κ3) is 1.21. The third-order valence-electron chi connectivity index (χ3n) is 3.35. The maximum Gasteiger partial charge on any atom is 0.118 e. The van der Waals surface area contributed by atoms with Crippen LogP contribution in [0.2, 0.25) is 0 Å². The van der Waals surface area contributed by atoms with Crippen molar-refractivity contribution in [1.29, 1.82) is 0 Å². The summed E-state index contributed by atoms with van der Waals surface area (Å²) in [6.45, 7) is 4.07. The number of nitrogens with zero attached hydrogens (tertiary/aromatic N) is 3. The van der Waals surface area contributed by atoms with Crippen LogP contribution in [0.1, 0.15) is 24.4 Å². The Hall–Kier alpha value is -1.64. The predicted molar refractivity (Wildman–Crippen MR) is 66.2 cm³/mol. The molecule has 3 heterocycles. The van der Waals surface area contributed by atoms with E-state index in [-0.39, 0.29) is 6.04 Å². The predicted octanol–water partition coefficient (Wildman–Crippen LogP) is 2.28. The fourth-order valence-corrected chi connectivity index (χ4v) is 2.49. The van der Waals surface area contributed by atoms with Crippen LogP contribution in [0.15, 0.2) is 29.3 Å². The molecule has 0 bridgehead atoms. The number of allylic oxidation sites excluding steroid dienone is 1. The number of hydrogen-bond donors (Lipinski definition) is 0. The van der Waals surface area contributed by atoms with Gasteiger partial charge in [-0.1, -0.05) is 6.08 Å². The van der Waals surface area contributed by atoms with Gasteiger partial charge in [-0.25, -0.2) is 0 Å². The molecular formula is C13H15N3. The molecule has 2 aliphatic heterocycles. The van der Waals surface area contributed by atoms with Crippen molar-refractivity contribution in [3.8, 4) is 0 Å². The molecule has 2 unspecified atom stereocenters. The molecule has 0 aliphatic carbocycles. The Morgan fingerprint density at radius 1 is 1.25 bits per heavy atom. The van der Waals surface area contributed by atoms with E-state index in [2.05, 4.69) is 41.2 Å². The molecule has 0 saturated heterocycles. The number of dihydropyridines is 1. The molecule has 2 aliphatic rings. The van der Waals surface area contributed by atoms with Gasteiger partial charge in [-0.15, -0.1) is 0 Å². The Labute approximate surface area is 95.5 Å². The first-order valence-corrected chi connectivity index (χ1v) is 5.60. The van der Waals surface area contributed by atoms with E-state index in [4.69, 9.17) is 4.99 Å². The lowest BCUT2D eigenvalue weighted by Crippen LogP contribution is -2.29. The van der Waals surface area contributed by atoms with Crippen LogP contribution in [-0.2, 0) is 0 Å². The minimum absolute atomic E-state index is 0.185. The first kappa shape index (κ1) is 9.58. The van der Waals surface area contributed by atoms with Crippen LogP contribution in [-0.4, -0.2) is 23.8 Å². The second-order valence-electron chi connectivity index (χ2n) is 4.53. The highest BCUT2D eigenvalue weighted by molar-refractivity contribution is 5.94. The molecule has 16 heavy (non-hydrogen) atoms. The van der Waals surface area contributed by atoms with Crippen molar-refractivity contribution in [1.82, 2.24) is 4.98 Å². The van der Waals surface area contributed by atoms with Gasteiger partial charge in [0.2, 0.25) is 0 Å². The molecule has 0 aromatic carbocycles. The number of hydrogen-bond acceptors (Lipinski definition) is 3. The first-order chi connectivity index (χ1) is 7.66. The summed E-state index contributed by atoms with van der Waals surface area (Å²) in [5.74, 6) is 0. The largest absolute Gasteiger partial charge is 0.364 e. The van der Waals surface area contributed by atoms with E-state index in [1.54, 1.807) is 0 Å². The molecule has 0 N–H and O–H groups in total. The third-order valence-corrected chi connectivity index (χ3v) is 3.35. The van der Waals surface area contributed by atoms with Crippen LogP contribution in [0, 0.1) is 6.92 Å². The molecule has 3 heteroatoms. The van der Waals surface area contributed by atoms with Crippen molar-refractivity contribution in [2.75, 3.05) is 11.9 Å². The Balaban J connectivity index is 2.16. The molecular weight excluding hydrogens is 198 g/mol. The average Bonchev–Trinajstić information content (AvgIpc) is 2.52. The number of anilines is 1. The fraction of sp³-hybridized carbons (Fsp3) is 0.385. The fourth-order valence-electron chi connectivity index (χ4n) is 2.49. The summed E-state index contributed by atoms with van der Waals surface area (Å²) in [5.41, 5.74) is 4.49. The van der Waals surface area contributed by atoms with Gasteiger partial charge in [0, 0.05) is 18.5 Å². The van der Waals surface area contributed by atoms with Gasteiger partial charge in [0.15, 0.2) is 0 Å². The van der Waals surface area contributed by atoms with Crippen LogP contribution in [0.5, 0.6) is 0 Å². The number of likely N-dealkylation sites (N-methyl/N-ethyl adjacent to an activating group) is 1. The minimum Gasteiger partial charge on any atom is -0.364 e.